The van der Waals surface area contributed by atoms with E-state index in [-0.39, 0.29) is 13.0 Å². The van der Waals surface area contributed by atoms with Crippen LogP contribution in [0.4, 0.5) is 13.2 Å². The zero-order chi connectivity index (χ0) is 18.1. The van der Waals surface area contributed by atoms with Crippen molar-refractivity contribution in [1.82, 2.24) is 4.98 Å². The van der Waals surface area contributed by atoms with Crippen LogP contribution in [-0.4, -0.2) is 17.8 Å². The number of halogens is 3. The highest BCUT2D eigenvalue weighted by atomic mass is 19.4. The first kappa shape index (κ1) is 19.3. The van der Waals surface area contributed by atoms with Crippen molar-refractivity contribution in [2.75, 3.05) is 6.61 Å². The van der Waals surface area contributed by atoms with E-state index in [0.717, 1.165) is 17.7 Å². The zero-order valence-corrected chi connectivity index (χ0v) is 14.5. The van der Waals surface area contributed by atoms with Gasteiger partial charge in [-0.15, -0.1) is 0 Å². The Bertz CT molecular complexity index is 621. The van der Waals surface area contributed by atoms with Crippen molar-refractivity contribution in [2.45, 2.75) is 51.6 Å². The molecule has 0 N–H and O–H groups in total. The predicted molar refractivity (Wildman–Crippen MR) is 93.7 cm³/mol. The third kappa shape index (κ3) is 7.16. The van der Waals surface area contributed by atoms with Crippen molar-refractivity contribution in [1.29, 1.82) is 0 Å². The average molecular weight is 351 g/mol. The molecule has 2 rings (SSSR count). The van der Waals surface area contributed by atoms with E-state index in [1.165, 1.54) is 24.8 Å². The molecule has 0 bridgehead atoms. The number of nitrogens with zero attached hydrogens (tertiary/aromatic N) is 1. The first-order valence-corrected chi connectivity index (χ1v) is 8.73. The largest absolute Gasteiger partial charge is 0.494 e. The molecule has 1 aromatic carbocycles. The van der Waals surface area contributed by atoms with Crippen molar-refractivity contribution >= 4 is 0 Å². The van der Waals surface area contributed by atoms with E-state index in [1.54, 1.807) is 12.1 Å². The average Bonchev–Trinajstić information content (AvgIpc) is 2.59. The minimum absolute atomic E-state index is 0.0354. The van der Waals surface area contributed by atoms with Gasteiger partial charge in [-0.25, -0.2) is 0 Å². The van der Waals surface area contributed by atoms with Crippen molar-refractivity contribution in [3.05, 3.63) is 48.2 Å². The van der Waals surface area contributed by atoms with Gasteiger partial charge in [-0.1, -0.05) is 25.8 Å². The van der Waals surface area contributed by atoms with Crippen LogP contribution in [0.2, 0.25) is 0 Å². The summed E-state index contributed by atoms with van der Waals surface area (Å²) in [5.74, 6) is 0.571. The molecule has 5 heteroatoms. The van der Waals surface area contributed by atoms with E-state index < -0.39 is 12.6 Å². The minimum atomic E-state index is -4.12. The molecule has 0 saturated carbocycles. The summed E-state index contributed by atoms with van der Waals surface area (Å²) in [6.07, 6.45) is 1.59. The second-order valence-corrected chi connectivity index (χ2v) is 6.10. The van der Waals surface area contributed by atoms with Crippen LogP contribution >= 0.6 is 0 Å². The third-order valence-corrected chi connectivity index (χ3v) is 3.92. The van der Waals surface area contributed by atoms with Gasteiger partial charge in [0.2, 0.25) is 0 Å². The van der Waals surface area contributed by atoms with Crippen LogP contribution < -0.4 is 4.74 Å². The molecule has 0 amide bonds. The summed E-state index contributed by atoms with van der Waals surface area (Å²) in [5, 5.41) is 0. The Hall–Kier alpha value is -2.04. The molecule has 0 spiro atoms. The SMILES string of the molecule is CCCCCc1ccc(-c2ccc(OCCCC(F)(F)F)cc2)nc1. The molecule has 25 heavy (non-hydrogen) atoms. The lowest BCUT2D eigenvalue weighted by molar-refractivity contribution is -0.136. The van der Waals surface area contributed by atoms with E-state index in [9.17, 15) is 13.2 Å². The molecule has 0 aliphatic heterocycles. The lowest BCUT2D eigenvalue weighted by Gasteiger charge is -2.09. The molecular weight excluding hydrogens is 327 g/mol. The van der Waals surface area contributed by atoms with Crippen LogP contribution in [0.25, 0.3) is 11.3 Å². The summed E-state index contributed by atoms with van der Waals surface area (Å²) in [5.41, 5.74) is 3.08. The Kier molecular flexibility index (Phi) is 7.29. The van der Waals surface area contributed by atoms with Crippen molar-refractivity contribution in [3.63, 3.8) is 0 Å². The molecule has 0 fully saturated rings. The van der Waals surface area contributed by atoms with Gasteiger partial charge < -0.3 is 4.74 Å². The molecule has 0 aliphatic rings. The Labute approximate surface area is 147 Å². The van der Waals surface area contributed by atoms with E-state index in [1.807, 2.05) is 24.4 Å². The molecule has 0 atom stereocenters. The van der Waals surface area contributed by atoms with Crippen molar-refractivity contribution < 1.29 is 17.9 Å². The van der Waals surface area contributed by atoms with Crippen molar-refractivity contribution in [3.8, 4) is 17.0 Å². The van der Waals surface area contributed by atoms with Crippen LogP contribution in [0.5, 0.6) is 5.75 Å². The Morgan fingerprint density at radius 1 is 0.960 bits per heavy atom. The van der Waals surface area contributed by atoms with Crippen LogP contribution in [0.3, 0.4) is 0 Å². The van der Waals surface area contributed by atoms with Gasteiger partial charge in [-0.2, -0.15) is 13.2 Å². The van der Waals surface area contributed by atoms with E-state index >= 15 is 0 Å². The minimum Gasteiger partial charge on any atom is -0.494 e. The summed E-state index contributed by atoms with van der Waals surface area (Å²) in [6.45, 7) is 2.24. The summed E-state index contributed by atoms with van der Waals surface area (Å²) >= 11 is 0. The molecular formula is C20H24F3NO. The number of ether oxygens (including phenoxy) is 1. The van der Waals surface area contributed by atoms with Gasteiger partial charge in [0.25, 0.3) is 0 Å². The number of aryl methyl sites for hydroxylation is 1. The smallest absolute Gasteiger partial charge is 0.389 e. The number of aromatic nitrogens is 1. The number of benzene rings is 1. The predicted octanol–water partition coefficient (Wildman–Crippen LogP) is 6.20. The monoisotopic (exact) mass is 351 g/mol. The number of rotatable bonds is 9. The van der Waals surface area contributed by atoms with Crippen molar-refractivity contribution in [2.24, 2.45) is 0 Å². The molecule has 1 heterocycles. The van der Waals surface area contributed by atoms with Crippen LogP contribution in [0, 0.1) is 0 Å². The molecule has 1 aromatic heterocycles. The lowest BCUT2D eigenvalue weighted by atomic mass is 10.1. The first-order valence-electron chi connectivity index (χ1n) is 8.73. The number of unbranched alkanes of at least 4 members (excludes halogenated alkanes) is 2. The zero-order valence-electron chi connectivity index (χ0n) is 14.5. The Morgan fingerprint density at radius 2 is 1.72 bits per heavy atom. The number of alkyl halides is 3. The molecule has 0 radical (unpaired) electrons. The molecule has 0 saturated heterocycles. The fourth-order valence-electron chi connectivity index (χ4n) is 2.51. The second kappa shape index (κ2) is 9.44. The van der Waals surface area contributed by atoms with Crippen LogP contribution in [-0.2, 0) is 6.42 Å². The summed E-state index contributed by atoms with van der Waals surface area (Å²) in [6, 6.07) is 11.4. The highest BCUT2D eigenvalue weighted by Crippen LogP contribution is 2.23. The standard InChI is InChI=1S/C20H24F3NO/c1-2-3-4-6-16-7-12-19(24-15-16)17-8-10-18(11-9-17)25-14-5-13-20(21,22)23/h7-12,15H,2-6,13-14H2,1H3. The topological polar surface area (TPSA) is 22.1 Å². The Morgan fingerprint density at radius 3 is 2.32 bits per heavy atom. The Balaban J connectivity index is 1.84. The third-order valence-electron chi connectivity index (χ3n) is 3.92. The maximum absolute atomic E-state index is 12.1. The quantitative estimate of drug-likeness (QED) is 0.502. The number of hydrogen-bond acceptors (Lipinski definition) is 2. The molecule has 2 aromatic rings. The molecule has 136 valence electrons. The maximum Gasteiger partial charge on any atom is 0.389 e. The number of pyridine rings is 1. The van der Waals surface area contributed by atoms with Gasteiger partial charge in [-0.3, -0.25) is 4.98 Å². The van der Waals surface area contributed by atoms with E-state index in [4.69, 9.17) is 4.74 Å². The fraction of sp³-hybridized carbons (Fsp3) is 0.450. The van der Waals surface area contributed by atoms with Gasteiger partial charge in [-0.05, 0) is 55.2 Å². The lowest BCUT2D eigenvalue weighted by Crippen LogP contribution is -2.09. The fourth-order valence-corrected chi connectivity index (χ4v) is 2.51. The number of hydrogen-bond donors (Lipinski definition) is 0. The summed E-state index contributed by atoms with van der Waals surface area (Å²) in [4.78, 5) is 4.49. The van der Waals surface area contributed by atoms with Gasteiger partial charge in [0.1, 0.15) is 5.75 Å². The van der Waals surface area contributed by atoms with Gasteiger partial charge in [0, 0.05) is 18.2 Å². The van der Waals surface area contributed by atoms with Gasteiger partial charge in [0.05, 0.1) is 12.3 Å². The highest BCUT2D eigenvalue weighted by molar-refractivity contribution is 5.60. The first-order chi connectivity index (χ1) is 12.0. The van der Waals surface area contributed by atoms with Gasteiger partial charge in [0.15, 0.2) is 0 Å². The molecule has 0 aliphatic carbocycles. The van der Waals surface area contributed by atoms with Gasteiger partial charge >= 0.3 is 6.18 Å². The van der Waals surface area contributed by atoms with E-state index in [2.05, 4.69) is 18.0 Å². The van der Waals surface area contributed by atoms with Crippen LogP contribution in [0.15, 0.2) is 42.6 Å². The summed E-state index contributed by atoms with van der Waals surface area (Å²) < 4.78 is 41.6. The maximum atomic E-state index is 12.1. The summed E-state index contributed by atoms with van der Waals surface area (Å²) in [7, 11) is 0. The highest BCUT2D eigenvalue weighted by Gasteiger charge is 2.26. The van der Waals surface area contributed by atoms with Crippen LogP contribution in [0.1, 0.15) is 44.6 Å². The molecule has 2 nitrogen and oxygen atoms in total. The molecule has 0 unspecified atom stereocenters. The second-order valence-electron chi connectivity index (χ2n) is 6.10. The normalized spacial score (nSPS) is 11.5. The van der Waals surface area contributed by atoms with E-state index in [0.29, 0.717) is 5.75 Å².